The molecule has 0 saturated carbocycles. The molecule has 2 unspecified atom stereocenters. The molecule has 22 heavy (non-hydrogen) atoms. The van der Waals surface area contributed by atoms with E-state index < -0.39 is 27.6 Å². The Bertz CT molecular complexity index is 665. The molecule has 1 heterocycles. The second-order valence-electron chi connectivity index (χ2n) is 5.20. The highest BCUT2D eigenvalue weighted by Gasteiger charge is 2.49. The van der Waals surface area contributed by atoms with Crippen LogP contribution in [0.15, 0.2) is 29.2 Å². The molecule has 1 aromatic carbocycles. The largest absolute Gasteiger partial charge is 0.369 e. The molecule has 0 spiro atoms. The molecule has 9 heteroatoms. The van der Waals surface area contributed by atoms with Gasteiger partial charge in [-0.3, -0.25) is 0 Å². The van der Waals surface area contributed by atoms with E-state index in [9.17, 15) is 13.2 Å². The van der Waals surface area contributed by atoms with Crippen molar-refractivity contribution in [3.63, 3.8) is 0 Å². The summed E-state index contributed by atoms with van der Waals surface area (Å²) in [5.74, 6) is 0.167. The van der Waals surface area contributed by atoms with Gasteiger partial charge in [0.2, 0.25) is 10.0 Å². The number of primary sulfonamides is 1. The van der Waals surface area contributed by atoms with Crippen molar-refractivity contribution in [1.82, 2.24) is 5.48 Å². The van der Waals surface area contributed by atoms with Crippen molar-refractivity contribution in [3.05, 3.63) is 29.8 Å². The molecule has 1 aliphatic rings. The molecule has 2 atom stereocenters. The maximum atomic E-state index is 11.9. The van der Waals surface area contributed by atoms with Crippen molar-refractivity contribution < 1.29 is 18.0 Å². The van der Waals surface area contributed by atoms with Crippen molar-refractivity contribution in [1.29, 1.82) is 0 Å². The molecule has 0 aromatic heterocycles. The van der Waals surface area contributed by atoms with Gasteiger partial charge >= 0.3 is 5.97 Å². The fourth-order valence-corrected chi connectivity index (χ4v) is 3.74. The first-order chi connectivity index (χ1) is 10.3. The Morgan fingerprint density at radius 1 is 1.41 bits per heavy atom. The second-order valence-corrected chi connectivity index (χ2v) is 7.72. The summed E-state index contributed by atoms with van der Waals surface area (Å²) in [6.07, 6.45) is 2.58. The summed E-state index contributed by atoms with van der Waals surface area (Å²) in [5.41, 5.74) is 8.14. The van der Waals surface area contributed by atoms with Crippen LogP contribution in [0.2, 0.25) is 0 Å². The maximum Gasteiger partial charge on any atom is 0.346 e. The summed E-state index contributed by atoms with van der Waals surface area (Å²) in [7, 11) is -3.84. The van der Waals surface area contributed by atoms with E-state index in [1.165, 1.54) is 6.07 Å². The van der Waals surface area contributed by atoms with Crippen molar-refractivity contribution in [2.24, 2.45) is 10.9 Å². The van der Waals surface area contributed by atoms with E-state index in [0.717, 1.165) is 0 Å². The van der Waals surface area contributed by atoms with Crippen molar-refractivity contribution in [2.45, 2.75) is 29.3 Å². The van der Waals surface area contributed by atoms with Crippen LogP contribution < -0.4 is 16.4 Å². The van der Waals surface area contributed by atoms with E-state index in [1.54, 1.807) is 30.0 Å². The first-order valence-electron chi connectivity index (χ1n) is 6.64. The van der Waals surface area contributed by atoms with Gasteiger partial charge in [0.25, 0.3) is 0 Å². The number of carbonyl (C=O) groups excluding carboxylic acids is 1. The maximum absolute atomic E-state index is 11.9. The summed E-state index contributed by atoms with van der Waals surface area (Å²) >= 11 is 1.57. The summed E-state index contributed by atoms with van der Waals surface area (Å²) < 4.78 is 23.3. The lowest BCUT2D eigenvalue weighted by atomic mass is 9.86. The van der Waals surface area contributed by atoms with E-state index in [4.69, 9.17) is 15.7 Å². The van der Waals surface area contributed by atoms with Gasteiger partial charge in [-0.15, -0.1) is 5.48 Å². The average molecular weight is 345 g/mol. The van der Waals surface area contributed by atoms with Crippen molar-refractivity contribution >= 4 is 27.8 Å². The van der Waals surface area contributed by atoms with Crippen molar-refractivity contribution in [2.75, 3.05) is 12.0 Å². The minimum absolute atomic E-state index is 0.0309. The number of hydroxylamine groups is 1. The highest BCUT2D eigenvalue weighted by Crippen LogP contribution is 2.26. The third-order valence-corrected chi connectivity index (χ3v) is 5.34. The quantitative estimate of drug-likeness (QED) is 0.649. The SMILES string of the molecule is CSCCC1(N)C(=O)ONC1Cc1ccccc1S(N)(=O)=O. The molecule has 0 aliphatic carbocycles. The highest BCUT2D eigenvalue weighted by atomic mass is 32.2. The Hall–Kier alpha value is -1.13. The van der Waals surface area contributed by atoms with Gasteiger partial charge in [-0.2, -0.15) is 11.8 Å². The van der Waals surface area contributed by atoms with Gasteiger partial charge in [-0.25, -0.2) is 18.4 Å². The Balaban J connectivity index is 2.29. The molecule has 1 saturated heterocycles. The van der Waals surface area contributed by atoms with Crippen LogP contribution in [0.3, 0.4) is 0 Å². The zero-order valence-electron chi connectivity index (χ0n) is 12.1. The molecule has 0 bridgehead atoms. The number of nitrogens with one attached hydrogen (secondary N) is 1. The number of hydrogen-bond acceptors (Lipinski definition) is 7. The summed E-state index contributed by atoms with van der Waals surface area (Å²) in [6, 6.07) is 5.87. The van der Waals surface area contributed by atoms with Crippen molar-refractivity contribution in [3.8, 4) is 0 Å². The summed E-state index contributed by atoms with van der Waals surface area (Å²) in [4.78, 5) is 16.8. The Morgan fingerprint density at radius 2 is 2.09 bits per heavy atom. The molecule has 1 aromatic rings. The summed E-state index contributed by atoms with van der Waals surface area (Å²) in [5, 5.41) is 5.23. The third kappa shape index (κ3) is 3.44. The molecular weight excluding hydrogens is 326 g/mol. The Morgan fingerprint density at radius 3 is 2.73 bits per heavy atom. The van der Waals surface area contributed by atoms with Crippen LogP contribution in [0.5, 0.6) is 0 Å². The van der Waals surface area contributed by atoms with Crippen LogP contribution in [-0.2, 0) is 26.1 Å². The monoisotopic (exact) mass is 345 g/mol. The molecular formula is C13H19N3O4S2. The second kappa shape index (κ2) is 6.55. The van der Waals surface area contributed by atoms with Gasteiger partial charge in [0.05, 0.1) is 10.9 Å². The van der Waals surface area contributed by atoms with Crippen LogP contribution in [-0.4, -0.2) is 38.0 Å². The lowest BCUT2D eigenvalue weighted by Crippen LogP contribution is -2.56. The van der Waals surface area contributed by atoms with E-state index in [2.05, 4.69) is 5.48 Å². The average Bonchev–Trinajstić information content (AvgIpc) is 2.73. The van der Waals surface area contributed by atoms with E-state index >= 15 is 0 Å². The van der Waals surface area contributed by atoms with Gasteiger partial charge < -0.3 is 10.6 Å². The molecule has 0 amide bonds. The van der Waals surface area contributed by atoms with Crippen LogP contribution >= 0.6 is 11.8 Å². The molecule has 122 valence electrons. The Labute approximate surface area is 133 Å². The molecule has 5 N–H and O–H groups in total. The standard InChI is InChI=1S/C13H19N3O4S2/c1-21-7-6-13(14)11(16-20-12(13)17)8-9-4-2-3-5-10(9)22(15,18)19/h2-5,11,16H,6-8,14H2,1H3,(H2,15,18,19). The van der Waals surface area contributed by atoms with Crippen LogP contribution in [0, 0.1) is 0 Å². The molecule has 2 rings (SSSR count). The van der Waals surface area contributed by atoms with Gasteiger partial charge in [0.15, 0.2) is 0 Å². The number of carbonyl (C=O) groups is 1. The molecule has 7 nitrogen and oxygen atoms in total. The van der Waals surface area contributed by atoms with Crippen LogP contribution in [0.25, 0.3) is 0 Å². The number of rotatable bonds is 6. The highest BCUT2D eigenvalue weighted by molar-refractivity contribution is 7.98. The zero-order chi connectivity index (χ0) is 16.4. The summed E-state index contributed by atoms with van der Waals surface area (Å²) in [6.45, 7) is 0. The van der Waals surface area contributed by atoms with Crippen LogP contribution in [0.4, 0.5) is 0 Å². The Kier molecular flexibility index (Phi) is 5.13. The lowest BCUT2D eigenvalue weighted by Gasteiger charge is -2.25. The fraction of sp³-hybridized carbons (Fsp3) is 0.462. The van der Waals surface area contributed by atoms with Crippen LogP contribution in [0.1, 0.15) is 12.0 Å². The molecule has 1 fully saturated rings. The zero-order valence-corrected chi connectivity index (χ0v) is 13.7. The van der Waals surface area contributed by atoms with Gasteiger partial charge in [-0.05, 0) is 36.5 Å². The first-order valence-corrected chi connectivity index (χ1v) is 9.58. The topological polar surface area (TPSA) is 125 Å². The third-order valence-electron chi connectivity index (χ3n) is 3.72. The van der Waals surface area contributed by atoms with Gasteiger partial charge in [0.1, 0.15) is 5.54 Å². The van der Waals surface area contributed by atoms with Gasteiger partial charge in [-0.1, -0.05) is 18.2 Å². The molecule has 0 radical (unpaired) electrons. The smallest absolute Gasteiger partial charge is 0.346 e. The number of nitrogens with two attached hydrogens (primary N) is 2. The predicted molar refractivity (Wildman–Crippen MR) is 84.5 cm³/mol. The minimum Gasteiger partial charge on any atom is -0.369 e. The van der Waals surface area contributed by atoms with E-state index in [0.29, 0.717) is 17.7 Å². The normalized spacial score (nSPS) is 25.2. The fourth-order valence-electron chi connectivity index (χ4n) is 2.41. The predicted octanol–water partition coefficient (Wildman–Crippen LogP) is -0.243. The minimum atomic E-state index is -3.84. The van der Waals surface area contributed by atoms with E-state index in [-0.39, 0.29) is 11.3 Å². The number of hydrogen-bond donors (Lipinski definition) is 3. The van der Waals surface area contributed by atoms with Gasteiger partial charge in [0, 0.05) is 0 Å². The lowest BCUT2D eigenvalue weighted by molar-refractivity contribution is -0.146. The number of benzene rings is 1. The number of sulfonamides is 1. The molecule has 1 aliphatic heterocycles. The first kappa shape index (κ1) is 17.2. The van der Waals surface area contributed by atoms with E-state index in [1.807, 2.05) is 6.26 Å². The number of thioether (sulfide) groups is 1.